The quantitative estimate of drug-likeness (QED) is 0.869. The van der Waals surface area contributed by atoms with Gasteiger partial charge in [0.05, 0.1) is 30.5 Å². The van der Waals surface area contributed by atoms with Gasteiger partial charge in [0, 0.05) is 6.07 Å². The van der Waals surface area contributed by atoms with Gasteiger partial charge >= 0.3 is 0 Å². The van der Waals surface area contributed by atoms with Gasteiger partial charge in [0.1, 0.15) is 0 Å². The minimum absolute atomic E-state index is 0.0401. The lowest BCUT2D eigenvalue weighted by Crippen LogP contribution is -2.15. The van der Waals surface area contributed by atoms with Crippen LogP contribution in [0.1, 0.15) is 5.56 Å². The number of anilines is 1. The number of hydrogen-bond donors (Lipinski definition) is 2. The Hall–Kier alpha value is -2.12. The van der Waals surface area contributed by atoms with Gasteiger partial charge in [-0.05, 0) is 17.7 Å². The summed E-state index contributed by atoms with van der Waals surface area (Å²) in [4.78, 5) is 3.96. The molecule has 0 aliphatic rings. The molecule has 20 heavy (non-hydrogen) atoms. The van der Waals surface area contributed by atoms with E-state index in [4.69, 9.17) is 4.74 Å². The highest BCUT2D eigenvalue weighted by Crippen LogP contribution is 2.20. The molecule has 2 aromatic rings. The van der Waals surface area contributed by atoms with Crippen molar-refractivity contribution in [1.82, 2.24) is 4.98 Å². The number of aliphatic hydroxyl groups is 1. The molecule has 7 heteroatoms. The van der Waals surface area contributed by atoms with Crippen LogP contribution in [0.15, 0.2) is 47.5 Å². The highest BCUT2D eigenvalue weighted by Gasteiger charge is 2.17. The molecule has 6 nitrogen and oxygen atoms in total. The summed E-state index contributed by atoms with van der Waals surface area (Å²) in [6.07, 6.45) is 1.36. The van der Waals surface area contributed by atoms with E-state index in [1.165, 1.54) is 19.4 Å². The van der Waals surface area contributed by atoms with Crippen molar-refractivity contribution in [1.29, 1.82) is 0 Å². The van der Waals surface area contributed by atoms with Gasteiger partial charge in [-0.1, -0.05) is 18.2 Å². The first-order valence-corrected chi connectivity index (χ1v) is 7.27. The number of pyridine rings is 1. The van der Waals surface area contributed by atoms with Gasteiger partial charge in [0.2, 0.25) is 5.88 Å². The van der Waals surface area contributed by atoms with Gasteiger partial charge in [0.15, 0.2) is 0 Å². The molecule has 2 N–H and O–H groups in total. The first kappa shape index (κ1) is 14.3. The molecule has 2 rings (SSSR count). The fraction of sp³-hybridized carbons (Fsp3) is 0.154. The normalized spacial score (nSPS) is 11.1. The standard InChI is InChI=1S/C13H14N2O4S/c1-19-13-7-6-11(8-14-13)15-20(17,18)12-5-3-2-4-10(12)9-16/h2-8,15-16H,9H2,1H3. The Labute approximate surface area is 117 Å². The van der Waals surface area contributed by atoms with E-state index in [9.17, 15) is 13.5 Å². The van der Waals surface area contributed by atoms with E-state index in [-0.39, 0.29) is 11.5 Å². The molecule has 1 heterocycles. The maximum atomic E-state index is 12.3. The molecule has 0 atom stereocenters. The lowest BCUT2D eigenvalue weighted by atomic mass is 10.2. The summed E-state index contributed by atoms with van der Waals surface area (Å²) in [5, 5.41) is 9.20. The number of nitrogens with zero attached hydrogens (tertiary/aromatic N) is 1. The van der Waals surface area contributed by atoms with Crippen LogP contribution in [0, 0.1) is 0 Å². The molecule has 0 unspecified atom stereocenters. The third-order valence-corrected chi connectivity index (χ3v) is 4.11. The first-order chi connectivity index (χ1) is 9.56. The van der Waals surface area contributed by atoms with Gasteiger partial charge in [-0.15, -0.1) is 0 Å². The maximum Gasteiger partial charge on any atom is 0.262 e. The second-order valence-electron chi connectivity index (χ2n) is 3.96. The first-order valence-electron chi connectivity index (χ1n) is 5.78. The molecule has 0 saturated heterocycles. The molecule has 0 fully saturated rings. The van der Waals surface area contributed by atoms with Crippen molar-refractivity contribution < 1.29 is 18.3 Å². The predicted octanol–water partition coefficient (Wildman–Crippen LogP) is 1.38. The van der Waals surface area contributed by atoms with E-state index in [0.717, 1.165) is 0 Å². The molecule has 0 saturated carbocycles. The molecule has 0 amide bonds. The van der Waals surface area contributed by atoms with Gasteiger partial charge < -0.3 is 9.84 Å². The summed E-state index contributed by atoms with van der Waals surface area (Å²) in [5.41, 5.74) is 0.653. The second-order valence-corrected chi connectivity index (χ2v) is 5.61. The molecule has 0 bridgehead atoms. The Morgan fingerprint density at radius 1 is 1.25 bits per heavy atom. The molecule has 0 aliphatic heterocycles. The van der Waals surface area contributed by atoms with Crippen molar-refractivity contribution in [3.05, 3.63) is 48.2 Å². The number of benzene rings is 1. The van der Waals surface area contributed by atoms with Crippen LogP contribution < -0.4 is 9.46 Å². The number of methoxy groups -OCH3 is 1. The average molecular weight is 294 g/mol. The van der Waals surface area contributed by atoms with Crippen LogP contribution in [0.4, 0.5) is 5.69 Å². The van der Waals surface area contributed by atoms with Crippen LogP contribution in [0.3, 0.4) is 0 Å². The lowest BCUT2D eigenvalue weighted by molar-refractivity contribution is 0.278. The number of hydrogen-bond acceptors (Lipinski definition) is 5. The number of aromatic nitrogens is 1. The van der Waals surface area contributed by atoms with Crippen LogP contribution in [-0.2, 0) is 16.6 Å². The summed E-state index contributed by atoms with van der Waals surface area (Å²) in [6, 6.07) is 9.35. The number of rotatable bonds is 5. The van der Waals surface area contributed by atoms with Crippen LogP contribution >= 0.6 is 0 Å². The molecule has 0 aliphatic carbocycles. The Bertz CT molecular complexity index is 684. The summed E-state index contributed by atoms with van der Waals surface area (Å²) < 4.78 is 31.8. The highest BCUT2D eigenvalue weighted by atomic mass is 32.2. The molecule has 1 aromatic heterocycles. The van der Waals surface area contributed by atoms with Crippen molar-refractivity contribution in [3.63, 3.8) is 0 Å². The van der Waals surface area contributed by atoms with Crippen molar-refractivity contribution >= 4 is 15.7 Å². The molecule has 106 valence electrons. The smallest absolute Gasteiger partial charge is 0.262 e. The summed E-state index contributed by atoms with van der Waals surface area (Å²) >= 11 is 0. The van der Waals surface area contributed by atoms with Crippen LogP contribution in [0.25, 0.3) is 0 Å². The van der Waals surface area contributed by atoms with Gasteiger partial charge in [-0.3, -0.25) is 4.72 Å². The Kier molecular flexibility index (Phi) is 4.21. The van der Waals surface area contributed by atoms with Crippen molar-refractivity contribution in [3.8, 4) is 5.88 Å². The SMILES string of the molecule is COc1ccc(NS(=O)(=O)c2ccccc2CO)cn1. The number of aliphatic hydroxyl groups excluding tert-OH is 1. The zero-order chi connectivity index (χ0) is 14.6. The number of ether oxygens (including phenoxy) is 1. The molecule has 1 aromatic carbocycles. The van der Waals surface area contributed by atoms with Gasteiger partial charge in [0.25, 0.3) is 10.0 Å². The highest BCUT2D eigenvalue weighted by molar-refractivity contribution is 7.92. The van der Waals surface area contributed by atoms with E-state index in [1.54, 1.807) is 30.3 Å². The number of nitrogens with one attached hydrogen (secondary N) is 1. The molecule has 0 radical (unpaired) electrons. The van der Waals surface area contributed by atoms with Crippen molar-refractivity contribution in [2.24, 2.45) is 0 Å². The van der Waals surface area contributed by atoms with E-state index in [0.29, 0.717) is 17.1 Å². The molecular formula is C13H14N2O4S. The summed E-state index contributed by atoms with van der Waals surface area (Å²) in [5.74, 6) is 0.392. The lowest BCUT2D eigenvalue weighted by Gasteiger charge is -2.11. The zero-order valence-electron chi connectivity index (χ0n) is 10.8. The van der Waals surface area contributed by atoms with Crippen LogP contribution in [-0.4, -0.2) is 25.6 Å². The zero-order valence-corrected chi connectivity index (χ0v) is 11.6. The van der Waals surface area contributed by atoms with Gasteiger partial charge in [-0.2, -0.15) is 0 Å². The van der Waals surface area contributed by atoms with Crippen molar-refractivity contribution in [2.75, 3.05) is 11.8 Å². The summed E-state index contributed by atoms with van der Waals surface area (Å²) in [6.45, 7) is -0.349. The topological polar surface area (TPSA) is 88.5 Å². The van der Waals surface area contributed by atoms with Crippen molar-refractivity contribution in [2.45, 2.75) is 11.5 Å². The number of sulfonamides is 1. The fourth-order valence-corrected chi connectivity index (χ4v) is 2.94. The van der Waals surface area contributed by atoms with Crippen LogP contribution in [0.2, 0.25) is 0 Å². The second kappa shape index (κ2) is 5.89. The Balaban J connectivity index is 2.30. The van der Waals surface area contributed by atoms with E-state index < -0.39 is 10.0 Å². The predicted molar refractivity (Wildman–Crippen MR) is 74.0 cm³/mol. The van der Waals surface area contributed by atoms with E-state index in [2.05, 4.69) is 9.71 Å². The summed E-state index contributed by atoms with van der Waals surface area (Å²) in [7, 11) is -2.29. The third kappa shape index (κ3) is 3.06. The fourth-order valence-electron chi connectivity index (χ4n) is 1.67. The van der Waals surface area contributed by atoms with Gasteiger partial charge in [-0.25, -0.2) is 13.4 Å². The Morgan fingerprint density at radius 3 is 2.60 bits per heavy atom. The Morgan fingerprint density at radius 2 is 2.00 bits per heavy atom. The minimum atomic E-state index is -3.77. The maximum absolute atomic E-state index is 12.3. The molecular weight excluding hydrogens is 280 g/mol. The largest absolute Gasteiger partial charge is 0.481 e. The van der Waals surface area contributed by atoms with E-state index in [1.807, 2.05) is 0 Å². The average Bonchev–Trinajstić information content (AvgIpc) is 2.47. The third-order valence-electron chi connectivity index (χ3n) is 2.63. The monoisotopic (exact) mass is 294 g/mol. The van der Waals surface area contributed by atoms with E-state index >= 15 is 0 Å². The van der Waals surface area contributed by atoms with Crippen LogP contribution in [0.5, 0.6) is 5.88 Å². The molecule has 0 spiro atoms. The minimum Gasteiger partial charge on any atom is -0.481 e.